The number of benzene rings is 1. The summed E-state index contributed by atoms with van der Waals surface area (Å²) in [6.45, 7) is 6.49. The minimum atomic E-state index is -0.0331. The second-order valence-corrected chi connectivity index (χ2v) is 6.55. The van der Waals surface area contributed by atoms with Crippen LogP contribution in [0.5, 0.6) is 0 Å². The molecule has 1 aliphatic heterocycles. The van der Waals surface area contributed by atoms with E-state index >= 15 is 0 Å². The van der Waals surface area contributed by atoms with Crippen molar-refractivity contribution in [2.45, 2.75) is 51.2 Å². The lowest BCUT2D eigenvalue weighted by Crippen LogP contribution is -2.49. The predicted molar refractivity (Wildman–Crippen MR) is 88.7 cm³/mol. The molecule has 1 aliphatic carbocycles. The highest BCUT2D eigenvalue weighted by Gasteiger charge is 2.41. The van der Waals surface area contributed by atoms with Crippen LogP contribution in [0.3, 0.4) is 0 Å². The molecule has 22 heavy (non-hydrogen) atoms. The van der Waals surface area contributed by atoms with E-state index < -0.39 is 0 Å². The number of rotatable bonds is 4. The van der Waals surface area contributed by atoms with E-state index in [2.05, 4.69) is 29.2 Å². The van der Waals surface area contributed by atoms with Crippen molar-refractivity contribution in [2.75, 3.05) is 19.6 Å². The van der Waals surface area contributed by atoms with Crippen molar-refractivity contribution in [3.63, 3.8) is 0 Å². The molecule has 1 heterocycles. The Morgan fingerprint density at radius 1 is 1.23 bits per heavy atom. The Balaban J connectivity index is 1.76. The Bertz CT molecular complexity index is 516. The van der Waals surface area contributed by atoms with E-state index in [-0.39, 0.29) is 18.0 Å². The first-order valence-electron chi connectivity index (χ1n) is 8.50. The lowest BCUT2D eigenvalue weighted by molar-refractivity contribution is -0.136. The van der Waals surface area contributed by atoms with E-state index in [1.807, 2.05) is 18.7 Å². The Hall–Kier alpha value is -1.39. The second-order valence-electron chi connectivity index (χ2n) is 6.55. The fraction of sp³-hybridized carbons (Fsp3) is 0.611. The van der Waals surface area contributed by atoms with E-state index in [9.17, 15) is 4.79 Å². The number of nitrogens with two attached hydrogens (primary N) is 1. The number of amides is 1. The summed E-state index contributed by atoms with van der Waals surface area (Å²) in [4.78, 5) is 17.1. The molecule has 1 saturated heterocycles. The van der Waals surface area contributed by atoms with Crippen LogP contribution in [-0.4, -0.2) is 53.5 Å². The van der Waals surface area contributed by atoms with Gasteiger partial charge in [-0.1, -0.05) is 24.3 Å². The summed E-state index contributed by atoms with van der Waals surface area (Å²) in [5, 5.41) is 0. The number of likely N-dealkylation sites (N-methyl/N-ethyl adjacent to an activating group) is 1. The number of carbonyl (C=O) groups excluding carboxylic acids is 1. The third-order valence-electron chi connectivity index (χ3n) is 5.23. The van der Waals surface area contributed by atoms with Crippen molar-refractivity contribution in [3.8, 4) is 0 Å². The lowest BCUT2D eigenvalue weighted by atomic mass is 10.1. The Morgan fingerprint density at radius 3 is 2.36 bits per heavy atom. The molecular weight excluding hydrogens is 274 g/mol. The molecule has 2 aliphatic rings. The first-order chi connectivity index (χ1) is 10.6. The van der Waals surface area contributed by atoms with Crippen LogP contribution in [0.4, 0.5) is 0 Å². The first kappa shape index (κ1) is 15.5. The molecule has 0 aromatic heterocycles. The van der Waals surface area contributed by atoms with Gasteiger partial charge in [0.05, 0.1) is 6.04 Å². The van der Waals surface area contributed by atoms with Gasteiger partial charge >= 0.3 is 0 Å². The largest absolute Gasteiger partial charge is 0.342 e. The zero-order chi connectivity index (χ0) is 15.7. The molecule has 1 aromatic carbocycles. The number of likely N-dealkylation sites (tertiary alicyclic amines) is 1. The lowest BCUT2D eigenvalue weighted by Gasteiger charge is -2.32. The van der Waals surface area contributed by atoms with Crippen molar-refractivity contribution >= 4 is 5.91 Å². The molecule has 0 bridgehead atoms. The zero-order valence-corrected chi connectivity index (χ0v) is 13.7. The van der Waals surface area contributed by atoms with Gasteiger partial charge in [0.1, 0.15) is 0 Å². The molecule has 4 heteroatoms. The minimum absolute atomic E-state index is 0.0331. The van der Waals surface area contributed by atoms with Gasteiger partial charge in [-0.15, -0.1) is 0 Å². The molecule has 120 valence electrons. The monoisotopic (exact) mass is 301 g/mol. The summed E-state index contributed by atoms with van der Waals surface area (Å²) >= 11 is 0. The van der Waals surface area contributed by atoms with Crippen molar-refractivity contribution < 1.29 is 4.79 Å². The van der Waals surface area contributed by atoms with Gasteiger partial charge in [-0.3, -0.25) is 9.69 Å². The summed E-state index contributed by atoms with van der Waals surface area (Å²) in [5.74, 6) is 0.258. The van der Waals surface area contributed by atoms with Crippen LogP contribution in [0.25, 0.3) is 0 Å². The van der Waals surface area contributed by atoms with Crippen molar-refractivity contribution in [1.82, 2.24) is 9.80 Å². The van der Waals surface area contributed by atoms with Gasteiger partial charge in [0.2, 0.25) is 5.91 Å². The first-order valence-corrected chi connectivity index (χ1v) is 8.50. The van der Waals surface area contributed by atoms with E-state index in [1.165, 1.54) is 11.1 Å². The van der Waals surface area contributed by atoms with E-state index in [0.717, 1.165) is 38.9 Å². The molecule has 0 unspecified atom stereocenters. The molecule has 1 fully saturated rings. The number of nitrogens with zero attached hydrogens (tertiary/aromatic N) is 2. The summed E-state index contributed by atoms with van der Waals surface area (Å²) in [6, 6.07) is 9.15. The molecule has 4 nitrogen and oxygen atoms in total. The van der Waals surface area contributed by atoms with Crippen LogP contribution >= 0.6 is 0 Å². The average molecular weight is 301 g/mol. The molecule has 0 saturated carbocycles. The molecule has 1 amide bonds. The summed E-state index contributed by atoms with van der Waals surface area (Å²) in [5.41, 5.74) is 9.06. The number of fused-ring (bicyclic) bond motifs is 1. The van der Waals surface area contributed by atoms with Gasteiger partial charge in [-0.2, -0.15) is 0 Å². The van der Waals surface area contributed by atoms with Crippen molar-refractivity contribution in [1.29, 1.82) is 0 Å². The Labute approximate surface area is 133 Å². The Kier molecular flexibility index (Phi) is 4.50. The van der Waals surface area contributed by atoms with Crippen LogP contribution in [0.1, 0.15) is 31.4 Å². The maximum Gasteiger partial charge on any atom is 0.239 e. The summed E-state index contributed by atoms with van der Waals surface area (Å²) < 4.78 is 0. The number of carbonyl (C=O) groups is 1. The molecular formula is C18H27N3O. The van der Waals surface area contributed by atoms with Gasteiger partial charge in [-0.25, -0.2) is 0 Å². The summed E-state index contributed by atoms with van der Waals surface area (Å²) in [7, 11) is 0. The molecule has 1 aromatic rings. The highest BCUT2D eigenvalue weighted by atomic mass is 16.2. The topological polar surface area (TPSA) is 49.6 Å². The third-order valence-corrected chi connectivity index (χ3v) is 5.23. The molecule has 0 radical (unpaired) electrons. The van der Waals surface area contributed by atoms with Gasteiger partial charge in [0.15, 0.2) is 0 Å². The normalized spacial score (nSPS) is 25.4. The quantitative estimate of drug-likeness (QED) is 0.915. The highest BCUT2D eigenvalue weighted by molar-refractivity contribution is 5.82. The highest BCUT2D eigenvalue weighted by Crippen LogP contribution is 2.30. The zero-order valence-electron chi connectivity index (χ0n) is 13.7. The molecule has 0 spiro atoms. The van der Waals surface area contributed by atoms with E-state index in [1.54, 1.807) is 0 Å². The maximum absolute atomic E-state index is 12.8. The van der Waals surface area contributed by atoms with Gasteiger partial charge in [-0.05, 0) is 44.2 Å². The molecule has 3 rings (SSSR count). The average Bonchev–Trinajstić information content (AvgIpc) is 3.11. The van der Waals surface area contributed by atoms with Gasteiger partial charge in [0.25, 0.3) is 0 Å². The van der Waals surface area contributed by atoms with E-state index in [0.29, 0.717) is 6.04 Å². The van der Waals surface area contributed by atoms with E-state index in [4.69, 9.17) is 5.73 Å². The number of hydrogen-bond acceptors (Lipinski definition) is 3. The van der Waals surface area contributed by atoms with Crippen LogP contribution in [0.15, 0.2) is 24.3 Å². The van der Waals surface area contributed by atoms with Gasteiger partial charge in [0, 0.05) is 31.7 Å². The second kappa shape index (κ2) is 6.39. The maximum atomic E-state index is 12.8. The van der Waals surface area contributed by atoms with Crippen LogP contribution < -0.4 is 5.73 Å². The smallest absolute Gasteiger partial charge is 0.239 e. The van der Waals surface area contributed by atoms with Crippen LogP contribution in [0.2, 0.25) is 0 Å². The van der Waals surface area contributed by atoms with Crippen LogP contribution in [0, 0.1) is 0 Å². The Morgan fingerprint density at radius 2 is 1.82 bits per heavy atom. The molecule has 2 atom stereocenters. The SMILES string of the molecule is CCN(CC)C(=O)[C@@H]1C[C@@H](N)CN1C1Cc2ccccc2C1. The third kappa shape index (κ3) is 2.77. The fourth-order valence-corrected chi connectivity index (χ4v) is 4.06. The van der Waals surface area contributed by atoms with Gasteiger partial charge < -0.3 is 10.6 Å². The fourth-order valence-electron chi connectivity index (χ4n) is 4.06. The predicted octanol–water partition coefficient (Wildman–Crippen LogP) is 1.42. The standard InChI is InChI=1S/C18H27N3O/c1-3-20(4-2)18(22)17-11-15(19)12-21(17)16-9-13-7-5-6-8-14(13)10-16/h5-8,15-17H,3-4,9-12,19H2,1-2H3/t15-,17+/m1/s1. The van der Waals surface area contributed by atoms with Crippen molar-refractivity contribution in [2.24, 2.45) is 5.73 Å². The van der Waals surface area contributed by atoms with Crippen molar-refractivity contribution in [3.05, 3.63) is 35.4 Å². The minimum Gasteiger partial charge on any atom is -0.342 e. The molecule has 2 N–H and O–H groups in total. The van der Waals surface area contributed by atoms with Crippen LogP contribution in [-0.2, 0) is 17.6 Å². The summed E-state index contributed by atoms with van der Waals surface area (Å²) in [6.07, 6.45) is 2.89. The number of hydrogen-bond donors (Lipinski definition) is 1.